The van der Waals surface area contributed by atoms with Crippen molar-refractivity contribution >= 4 is 0 Å². The van der Waals surface area contributed by atoms with E-state index in [1.165, 1.54) is 0 Å². The van der Waals surface area contributed by atoms with Gasteiger partial charge in [0.25, 0.3) is 0 Å². The molecule has 6 nitrogen and oxygen atoms in total. The Labute approximate surface area is 148 Å². The van der Waals surface area contributed by atoms with Crippen molar-refractivity contribution in [3.05, 3.63) is 35.9 Å². The summed E-state index contributed by atoms with van der Waals surface area (Å²) in [6, 6.07) is 9.95. The quantitative estimate of drug-likeness (QED) is 0.899. The van der Waals surface area contributed by atoms with Crippen molar-refractivity contribution < 1.29 is 28.8 Å². The van der Waals surface area contributed by atoms with Gasteiger partial charge in [-0.25, -0.2) is 0 Å². The molecule has 0 bridgehead atoms. The summed E-state index contributed by atoms with van der Waals surface area (Å²) in [5.41, 5.74) is 1.07. The van der Waals surface area contributed by atoms with Crippen LogP contribution in [0.3, 0.4) is 0 Å². The van der Waals surface area contributed by atoms with E-state index in [0.717, 1.165) is 5.56 Å². The SMILES string of the molecule is CC1(C)O[C@@H]2C(OCc3ccccc3)[C@@H]3OC(C)(C)O[C@@H]3C(O)[C@@H]2O1. The van der Waals surface area contributed by atoms with Gasteiger partial charge in [0.15, 0.2) is 11.6 Å². The average Bonchev–Trinajstić information content (AvgIpc) is 3.04. The van der Waals surface area contributed by atoms with Crippen LogP contribution in [-0.4, -0.2) is 53.3 Å². The Morgan fingerprint density at radius 2 is 1.32 bits per heavy atom. The van der Waals surface area contributed by atoms with Gasteiger partial charge in [0.1, 0.15) is 36.6 Å². The van der Waals surface area contributed by atoms with E-state index in [2.05, 4.69) is 0 Å². The zero-order valence-electron chi connectivity index (χ0n) is 15.0. The molecule has 1 aromatic rings. The van der Waals surface area contributed by atoms with Crippen molar-refractivity contribution in [2.24, 2.45) is 0 Å². The van der Waals surface area contributed by atoms with Gasteiger partial charge in [-0.15, -0.1) is 0 Å². The molecular weight excluding hydrogens is 324 g/mol. The molecule has 4 rings (SSSR count). The molecule has 0 radical (unpaired) electrons. The van der Waals surface area contributed by atoms with Crippen molar-refractivity contribution in [1.29, 1.82) is 0 Å². The van der Waals surface area contributed by atoms with Crippen LogP contribution >= 0.6 is 0 Å². The molecule has 1 saturated carbocycles. The second kappa shape index (κ2) is 6.01. The van der Waals surface area contributed by atoms with E-state index in [1.807, 2.05) is 58.0 Å². The molecule has 2 unspecified atom stereocenters. The maximum atomic E-state index is 10.8. The fraction of sp³-hybridized carbons (Fsp3) is 0.684. The lowest BCUT2D eigenvalue weighted by atomic mass is 9.85. The summed E-state index contributed by atoms with van der Waals surface area (Å²) in [6.07, 6.45) is -3.04. The van der Waals surface area contributed by atoms with Gasteiger partial charge in [-0.2, -0.15) is 0 Å². The van der Waals surface area contributed by atoms with Gasteiger partial charge in [0.2, 0.25) is 0 Å². The second-order valence-corrected chi connectivity index (χ2v) is 7.88. The zero-order chi connectivity index (χ0) is 17.8. The number of hydrogen-bond acceptors (Lipinski definition) is 6. The third-order valence-corrected chi connectivity index (χ3v) is 4.93. The van der Waals surface area contributed by atoms with Crippen molar-refractivity contribution in [3.8, 4) is 0 Å². The van der Waals surface area contributed by atoms with Gasteiger partial charge in [-0.3, -0.25) is 0 Å². The highest BCUT2D eigenvalue weighted by Crippen LogP contribution is 2.45. The van der Waals surface area contributed by atoms with Crippen LogP contribution in [0.25, 0.3) is 0 Å². The molecule has 1 aromatic carbocycles. The number of aliphatic hydroxyl groups excluding tert-OH is 1. The summed E-state index contributed by atoms with van der Waals surface area (Å²) in [7, 11) is 0. The van der Waals surface area contributed by atoms with E-state index < -0.39 is 42.1 Å². The number of fused-ring (bicyclic) bond motifs is 2. The minimum absolute atomic E-state index is 0.387. The molecule has 2 saturated heterocycles. The molecule has 0 spiro atoms. The Morgan fingerprint density at radius 3 is 1.84 bits per heavy atom. The van der Waals surface area contributed by atoms with Crippen LogP contribution in [0.2, 0.25) is 0 Å². The lowest BCUT2D eigenvalue weighted by Crippen LogP contribution is -2.62. The maximum absolute atomic E-state index is 10.8. The summed E-state index contributed by atoms with van der Waals surface area (Å²) >= 11 is 0. The lowest BCUT2D eigenvalue weighted by molar-refractivity contribution is -0.190. The van der Waals surface area contributed by atoms with Crippen LogP contribution in [-0.2, 0) is 30.3 Å². The number of hydrogen-bond donors (Lipinski definition) is 1. The number of rotatable bonds is 3. The first-order valence-corrected chi connectivity index (χ1v) is 8.81. The van der Waals surface area contributed by atoms with Crippen LogP contribution in [0.1, 0.15) is 33.3 Å². The first-order chi connectivity index (χ1) is 11.8. The van der Waals surface area contributed by atoms with Crippen LogP contribution in [0.15, 0.2) is 30.3 Å². The molecule has 6 heteroatoms. The molecule has 138 valence electrons. The zero-order valence-corrected chi connectivity index (χ0v) is 15.0. The van der Waals surface area contributed by atoms with Crippen LogP contribution < -0.4 is 0 Å². The third kappa shape index (κ3) is 3.23. The normalized spacial score (nSPS) is 41.3. The Balaban J connectivity index is 1.59. The topological polar surface area (TPSA) is 66.4 Å². The molecular formula is C19H26O6. The first-order valence-electron chi connectivity index (χ1n) is 8.81. The molecule has 3 fully saturated rings. The van der Waals surface area contributed by atoms with E-state index in [1.54, 1.807) is 0 Å². The minimum Gasteiger partial charge on any atom is -0.387 e. The van der Waals surface area contributed by atoms with E-state index >= 15 is 0 Å². The molecule has 6 atom stereocenters. The molecule has 1 N–H and O–H groups in total. The van der Waals surface area contributed by atoms with E-state index in [0.29, 0.717) is 6.61 Å². The van der Waals surface area contributed by atoms with Gasteiger partial charge in [0.05, 0.1) is 6.61 Å². The third-order valence-electron chi connectivity index (χ3n) is 4.93. The first kappa shape index (κ1) is 17.4. The Morgan fingerprint density at radius 1 is 0.840 bits per heavy atom. The van der Waals surface area contributed by atoms with Crippen molar-refractivity contribution in [2.75, 3.05) is 0 Å². The summed E-state index contributed by atoms with van der Waals surface area (Å²) in [5.74, 6) is -1.56. The van der Waals surface area contributed by atoms with Crippen molar-refractivity contribution in [2.45, 2.75) is 82.5 Å². The summed E-state index contributed by atoms with van der Waals surface area (Å²) < 4.78 is 30.2. The molecule has 1 aliphatic carbocycles. The van der Waals surface area contributed by atoms with Crippen molar-refractivity contribution in [1.82, 2.24) is 0 Å². The summed E-state index contributed by atoms with van der Waals surface area (Å²) in [4.78, 5) is 0. The number of aliphatic hydroxyl groups is 1. The van der Waals surface area contributed by atoms with Crippen LogP contribution in [0.5, 0.6) is 0 Å². The fourth-order valence-electron chi connectivity index (χ4n) is 4.00. The van der Waals surface area contributed by atoms with E-state index in [4.69, 9.17) is 23.7 Å². The summed E-state index contributed by atoms with van der Waals surface area (Å²) in [6.45, 7) is 7.80. The van der Waals surface area contributed by atoms with Crippen molar-refractivity contribution in [3.63, 3.8) is 0 Å². The predicted octanol–water partition coefficient (Wildman–Crippen LogP) is 1.99. The Kier molecular flexibility index (Phi) is 4.18. The highest BCUT2D eigenvalue weighted by molar-refractivity contribution is 5.14. The molecule has 3 aliphatic rings. The highest BCUT2D eigenvalue weighted by atomic mass is 16.8. The Hall–Kier alpha value is -1.02. The largest absolute Gasteiger partial charge is 0.387 e. The summed E-state index contributed by atoms with van der Waals surface area (Å²) in [5, 5.41) is 10.8. The predicted molar refractivity (Wildman–Crippen MR) is 88.7 cm³/mol. The number of ether oxygens (including phenoxy) is 5. The number of benzene rings is 1. The molecule has 0 aromatic heterocycles. The van der Waals surface area contributed by atoms with E-state index in [9.17, 15) is 5.11 Å². The smallest absolute Gasteiger partial charge is 0.164 e. The Bertz CT molecular complexity index is 584. The van der Waals surface area contributed by atoms with Crippen LogP contribution in [0, 0.1) is 0 Å². The maximum Gasteiger partial charge on any atom is 0.164 e. The fourth-order valence-corrected chi connectivity index (χ4v) is 4.00. The standard InChI is InChI=1S/C19H26O6/c1-18(2)22-13-12(20)14-17(25-19(3,4)23-14)15(16(13)24-18)21-10-11-8-6-5-7-9-11/h5-9,12-17,20H,10H2,1-4H3/t12?,13-,14+,15?,16-,17+. The average molecular weight is 350 g/mol. The minimum atomic E-state index is -0.824. The molecule has 2 aliphatic heterocycles. The van der Waals surface area contributed by atoms with Gasteiger partial charge in [-0.1, -0.05) is 30.3 Å². The van der Waals surface area contributed by atoms with Gasteiger partial charge < -0.3 is 28.8 Å². The second-order valence-electron chi connectivity index (χ2n) is 7.88. The molecule has 2 heterocycles. The van der Waals surface area contributed by atoms with Gasteiger partial charge >= 0.3 is 0 Å². The van der Waals surface area contributed by atoms with E-state index in [-0.39, 0.29) is 6.10 Å². The van der Waals surface area contributed by atoms with Gasteiger partial charge in [0, 0.05) is 0 Å². The van der Waals surface area contributed by atoms with Crippen LogP contribution in [0.4, 0.5) is 0 Å². The molecule has 0 amide bonds. The highest BCUT2D eigenvalue weighted by Gasteiger charge is 2.63. The molecule has 25 heavy (non-hydrogen) atoms. The monoisotopic (exact) mass is 350 g/mol. The van der Waals surface area contributed by atoms with Gasteiger partial charge in [-0.05, 0) is 33.3 Å². The lowest BCUT2D eigenvalue weighted by Gasteiger charge is -2.40.